The summed E-state index contributed by atoms with van der Waals surface area (Å²) in [4.78, 5) is 6.88. The molecule has 1 unspecified atom stereocenters. The number of aromatic amines is 1. The number of hydrogen-bond acceptors (Lipinski definition) is 2. The van der Waals surface area contributed by atoms with Crippen LogP contribution in [-0.2, 0) is 0 Å². The number of imidazole rings is 1. The molecule has 0 aliphatic heterocycles. The van der Waals surface area contributed by atoms with Crippen LogP contribution in [0.25, 0.3) is 0 Å². The summed E-state index contributed by atoms with van der Waals surface area (Å²) >= 11 is 3.18. The number of hydrogen-bond donors (Lipinski definition) is 2. The molecule has 50 valence electrons. The number of nitrogens with zero attached hydrogens (tertiary/aromatic N) is 1. The molecule has 3 nitrogen and oxygen atoms in total. The molecule has 9 heavy (non-hydrogen) atoms. The molecule has 0 amide bonds. The number of H-pyrrole nitrogens is 1. The van der Waals surface area contributed by atoms with Gasteiger partial charge in [-0.1, -0.05) is 0 Å². The van der Waals surface area contributed by atoms with Crippen molar-refractivity contribution in [3.63, 3.8) is 0 Å². The van der Waals surface area contributed by atoms with Crippen molar-refractivity contribution in [2.24, 2.45) is 5.73 Å². The van der Waals surface area contributed by atoms with E-state index in [4.69, 9.17) is 5.73 Å². The largest absolute Gasteiger partial charge is 0.335 e. The Morgan fingerprint density at radius 1 is 1.89 bits per heavy atom. The van der Waals surface area contributed by atoms with Crippen LogP contribution in [0.1, 0.15) is 18.7 Å². The van der Waals surface area contributed by atoms with Crippen LogP contribution >= 0.6 is 15.9 Å². The van der Waals surface area contributed by atoms with Crippen molar-refractivity contribution in [1.82, 2.24) is 9.97 Å². The van der Waals surface area contributed by atoms with E-state index in [1.165, 1.54) is 0 Å². The van der Waals surface area contributed by atoms with Crippen LogP contribution in [0.3, 0.4) is 0 Å². The van der Waals surface area contributed by atoms with E-state index in [0.29, 0.717) is 0 Å². The lowest BCUT2D eigenvalue weighted by molar-refractivity contribution is 0.787. The van der Waals surface area contributed by atoms with Gasteiger partial charge in [0.05, 0.1) is 11.9 Å². The molecule has 1 atom stereocenters. The number of rotatable bonds is 1. The molecule has 0 aliphatic carbocycles. The minimum atomic E-state index is 0.0313. The molecule has 1 aromatic rings. The van der Waals surface area contributed by atoms with Crippen LogP contribution in [0.2, 0.25) is 0 Å². The Morgan fingerprint density at radius 3 is 2.78 bits per heavy atom. The minimum Gasteiger partial charge on any atom is -0.335 e. The Labute approximate surface area is 61.8 Å². The van der Waals surface area contributed by atoms with E-state index in [0.717, 1.165) is 10.4 Å². The summed E-state index contributed by atoms with van der Waals surface area (Å²) < 4.78 is 0.731. The highest BCUT2D eigenvalue weighted by molar-refractivity contribution is 9.10. The molecule has 0 spiro atoms. The van der Waals surface area contributed by atoms with Crippen molar-refractivity contribution >= 4 is 15.9 Å². The van der Waals surface area contributed by atoms with E-state index in [9.17, 15) is 0 Å². The summed E-state index contributed by atoms with van der Waals surface area (Å²) in [7, 11) is 0. The zero-order valence-corrected chi connectivity index (χ0v) is 6.64. The van der Waals surface area contributed by atoms with Crippen molar-refractivity contribution in [2.75, 3.05) is 0 Å². The van der Waals surface area contributed by atoms with Gasteiger partial charge in [0.15, 0.2) is 4.73 Å². The van der Waals surface area contributed by atoms with Crippen molar-refractivity contribution in [2.45, 2.75) is 13.0 Å². The van der Waals surface area contributed by atoms with E-state index in [2.05, 4.69) is 25.9 Å². The lowest BCUT2D eigenvalue weighted by atomic mass is 10.3. The van der Waals surface area contributed by atoms with Gasteiger partial charge in [-0.05, 0) is 22.9 Å². The predicted octanol–water partition coefficient (Wildman–Crippen LogP) is 1.19. The average molecular weight is 190 g/mol. The summed E-state index contributed by atoms with van der Waals surface area (Å²) in [6, 6.07) is 0.0313. The van der Waals surface area contributed by atoms with Gasteiger partial charge in [-0.3, -0.25) is 0 Å². The monoisotopic (exact) mass is 189 g/mol. The molecule has 0 aromatic carbocycles. The van der Waals surface area contributed by atoms with Crippen LogP contribution in [-0.4, -0.2) is 9.97 Å². The molecule has 0 aliphatic rings. The quantitative estimate of drug-likeness (QED) is 0.698. The third-order valence-corrected chi connectivity index (χ3v) is 1.46. The number of aromatic nitrogens is 2. The summed E-state index contributed by atoms with van der Waals surface area (Å²) in [5.41, 5.74) is 6.48. The van der Waals surface area contributed by atoms with E-state index in [-0.39, 0.29) is 6.04 Å². The average Bonchev–Trinajstić information content (AvgIpc) is 2.14. The van der Waals surface area contributed by atoms with Crippen molar-refractivity contribution in [3.05, 3.63) is 16.6 Å². The normalized spacial score (nSPS) is 13.7. The van der Waals surface area contributed by atoms with E-state index < -0.39 is 0 Å². The highest BCUT2D eigenvalue weighted by Crippen LogP contribution is 2.08. The molecule has 4 heteroatoms. The molecular formula is C5H8BrN3. The molecule has 0 fully saturated rings. The third-order valence-electron chi connectivity index (χ3n) is 1.06. The first-order valence-electron chi connectivity index (χ1n) is 2.66. The van der Waals surface area contributed by atoms with E-state index in [1.807, 2.05) is 6.92 Å². The maximum Gasteiger partial charge on any atom is 0.174 e. The fourth-order valence-electron chi connectivity index (χ4n) is 0.541. The molecule has 0 saturated carbocycles. The third kappa shape index (κ3) is 1.53. The summed E-state index contributed by atoms with van der Waals surface area (Å²) in [6.45, 7) is 1.90. The van der Waals surface area contributed by atoms with Gasteiger partial charge in [0.1, 0.15) is 0 Å². The molecular weight excluding hydrogens is 182 g/mol. The maximum absolute atomic E-state index is 5.53. The molecule has 1 heterocycles. The molecule has 0 bridgehead atoms. The van der Waals surface area contributed by atoms with Gasteiger partial charge in [0.25, 0.3) is 0 Å². The van der Waals surface area contributed by atoms with Crippen LogP contribution in [0.5, 0.6) is 0 Å². The van der Waals surface area contributed by atoms with Gasteiger partial charge in [0.2, 0.25) is 0 Å². The fraction of sp³-hybridized carbons (Fsp3) is 0.400. The van der Waals surface area contributed by atoms with Gasteiger partial charge < -0.3 is 10.7 Å². The topological polar surface area (TPSA) is 54.7 Å². The predicted molar refractivity (Wildman–Crippen MR) is 38.9 cm³/mol. The first kappa shape index (κ1) is 6.77. The Hall–Kier alpha value is -0.350. The fourth-order valence-corrected chi connectivity index (χ4v) is 0.873. The number of nitrogens with two attached hydrogens (primary N) is 1. The minimum absolute atomic E-state index is 0.0313. The van der Waals surface area contributed by atoms with Crippen molar-refractivity contribution in [1.29, 1.82) is 0 Å². The first-order chi connectivity index (χ1) is 4.20. The lowest BCUT2D eigenvalue weighted by Gasteiger charge is -1.96. The zero-order chi connectivity index (χ0) is 6.85. The van der Waals surface area contributed by atoms with Gasteiger partial charge >= 0.3 is 0 Å². The molecule has 0 saturated heterocycles. The zero-order valence-electron chi connectivity index (χ0n) is 5.06. The van der Waals surface area contributed by atoms with Gasteiger partial charge in [0, 0.05) is 6.04 Å². The second-order valence-electron chi connectivity index (χ2n) is 1.92. The lowest BCUT2D eigenvalue weighted by Crippen LogP contribution is -2.04. The van der Waals surface area contributed by atoms with Crippen LogP contribution < -0.4 is 5.73 Å². The van der Waals surface area contributed by atoms with E-state index in [1.54, 1.807) is 6.20 Å². The molecule has 1 aromatic heterocycles. The Bertz CT molecular complexity index is 194. The highest BCUT2D eigenvalue weighted by Gasteiger charge is 2.00. The standard InChI is InChI=1S/C5H8BrN3/c1-3(7)4-2-8-5(6)9-4/h2-3H,7H2,1H3,(H,8,9). The number of halogens is 1. The van der Waals surface area contributed by atoms with E-state index >= 15 is 0 Å². The maximum atomic E-state index is 5.53. The Balaban J connectivity index is 2.85. The van der Waals surface area contributed by atoms with Gasteiger partial charge in [-0.15, -0.1) is 0 Å². The van der Waals surface area contributed by atoms with Gasteiger partial charge in [-0.25, -0.2) is 4.98 Å². The van der Waals surface area contributed by atoms with Crippen LogP contribution in [0, 0.1) is 0 Å². The molecule has 0 radical (unpaired) electrons. The van der Waals surface area contributed by atoms with Crippen molar-refractivity contribution < 1.29 is 0 Å². The summed E-state index contributed by atoms with van der Waals surface area (Å²) in [6.07, 6.45) is 1.72. The second-order valence-corrected chi connectivity index (χ2v) is 2.67. The summed E-state index contributed by atoms with van der Waals surface area (Å²) in [5.74, 6) is 0. The van der Waals surface area contributed by atoms with Crippen LogP contribution in [0.4, 0.5) is 0 Å². The highest BCUT2D eigenvalue weighted by atomic mass is 79.9. The molecule has 3 N–H and O–H groups in total. The summed E-state index contributed by atoms with van der Waals surface area (Å²) in [5, 5.41) is 0. The SMILES string of the molecule is CC(N)c1cnc(Br)[nH]1. The molecule has 1 rings (SSSR count). The van der Waals surface area contributed by atoms with Crippen molar-refractivity contribution in [3.8, 4) is 0 Å². The Kier molecular flexibility index (Phi) is 1.87. The Morgan fingerprint density at radius 2 is 2.56 bits per heavy atom. The first-order valence-corrected chi connectivity index (χ1v) is 3.45. The smallest absolute Gasteiger partial charge is 0.174 e. The number of nitrogens with one attached hydrogen (secondary N) is 1. The van der Waals surface area contributed by atoms with Gasteiger partial charge in [-0.2, -0.15) is 0 Å². The second kappa shape index (κ2) is 2.49. The van der Waals surface area contributed by atoms with Crippen LogP contribution in [0.15, 0.2) is 10.9 Å².